The fraction of sp³-hybridized carbons (Fsp3) is 0.316. The maximum absolute atomic E-state index is 13.6. The van der Waals surface area contributed by atoms with E-state index in [-0.39, 0.29) is 30.0 Å². The molecule has 27 heavy (non-hydrogen) atoms. The number of aromatic nitrogens is 4. The second kappa shape index (κ2) is 8.03. The molecule has 142 valence electrons. The number of halogens is 1. The molecule has 0 radical (unpaired) electrons. The molecular formula is C19H22FN5O2. The van der Waals surface area contributed by atoms with Gasteiger partial charge in [0.25, 0.3) is 5.91 Å². The van der Waals surface area contributed by atoms with Crippen LogP contribution < -0.4 is 4.74 Å². The Morgan fingerprint density at radius 2 is 2.15 bits per heavy atom. The molecule has 2 heterocycles. The maximum Gasteiger partial charge on any atom is 0.274 e. The quantitative estimate of drug-likeness (QED) is 0.693. The van der Waals surface area contributed by atoms with Crippen LogP contribution in [0.25, 0.3) is 0 Å². The van der Waals surface area contributed by atoms with Crippen LogP contribution in [0.3, 0.4) is 0 Å². The molecule has 2 aromatic heterocycles. The zero-order valence-electron chi connectivity index (χ0n) is 15.5. The average molecular weight is 371 g/mol. The van der Waals surface area contributed by atoms with Gasteiger partial charge in [0.2, 0.25) is 0 Å². The second-order valence-electron chi connectivity index (χ2n) is 6.48. The number of aromatic amines is 1. The molecule has 0 fully saturated rings. The minimum absolute atomic E-state index is 0.0241. The van der Waals surface area contributed by atoms with Gasteiger partial charge in [-0.15, -0.1) is 0 Å². The summed E-state index contributed by atoms with van der Waals surface area (Å²) in [5.74, 6) is 0.296. The first-order chi connectivity index (χ1) is 13.0. The van der Waals surface area contributed by atoms with Crippen LogP contribution in [0.4, 0.5) is 4.39 Å². The SMILES string of the molecule is CC(C)N(Cc1nccn1C)C(=O)c1cc(COc2ccccc2F)[nH]n1. The summed E-state index contributed by atoms with van der Waals surface area (Å²) in [6.07, 6.45) is 3.54. The van der Waals surface area contributed by atoms with Crippen LogP contribution in [0.15, 0.2) is 42.7 Å². The largest absolute Gasteiger partial charge is 0.484 e. The molecule has 1 amide bonds. The number of benzene rings is 1. The lowest BCUT2D eigenvalue weighted by Crippen LogP contribution is -2.37. The predicted octanol–water partition coefficient (Wildman–Crippen LogP) is 2.91. The molecule has 7 nitrogen and oxygen atoms in total. The zero-order valence-corrected chi connectivity index (χ0v) is 15.5. The van der Waals surface area contributed by atoms with Gasteiger partial charge in [-0.2, -0.15) is 5.10 Å². The Labute approximate surface area is 156 Å². The van der Waals surface area contributed by atoms with Crippen molar-refractivity contribution in [2.45, 2.75) is 33.0 Å². The van der Waals surface area contributed by atoms with Gasteiger partial charge in [0.05, 0.1) is 12.2 Å². The van der Waals surface area contributed by atoms with Crippen LogP contribution in [-0.4, -0.2) is 36.6 Å². The lowest BCUT2D eigenvalue weighted by Gasteiger charge is -2.25. The van der Waals surface area contributed by atoms with Gasteiger partial charge in [-0.3, -0.25) is 9.89 Å². The van der Waals surface area contributed by atoms with Crippen molar-refractivity contribution < 1.29 is 13.9 Å². The van der Waals surface area contributed by atoms with Crippen molar-refractivity contribution in [1.29, 1.82) is 0 Å². The molecule has 8 heteroatoms. The smallest absolute Gasteiger partial charge is 0.274 e. The van der Waals surface area contributed by atoms with Crippen LogP contribution in [0, 0.1) is 5.82 Å². The standard InChI is InChI=1S/C19H22FN5O2/c1-13(2)25(11-18-21-8-9-24(18)3)19(26)16-10-14(22-23-16)12-27-17-7-5-4-6-15(17)20/h4-10,13H,11-12H2,1-3H3,(H,22,23). The van der Waals surface area contributed by atoms with Gasteiger partial charge in [0.1, 0.15) is 12.4 Å². The molecule has 3 aromatic rings. The van der Waals surface area contributed by atoms with Crippen molar-refractivity contribution in [2.24, 2.45) is 7.05 Å². The number of rotatable bonds is 7. The number of ether oxygens (including phenoxy) is 1. The van der Waals surface area contributed by atoms with E-state index < -0.39 is 5.82 Å². The first-order valence-corrected chi connectivity index (χ1v) is 8.64. The summed E-state index contributed by atoms with van der Waals surface area (Å²) in [5, 5.41) is 6.86. The van der Waals surface area contributed by atoms with E-state index in [1.54, 1.807) is 35.4 Å². The number of H-pyrrole nitrogens is 1. The van der Waals surface area contributed by atoms with Crippen molar-refractivity contribution in [3.05, 3.63) is 65.8 Å². The highest BCUT2D eigenvalue weighted by molar-refractivity contribution is 5.92. The number of hydrogen-bond donors (Lipinski definition) is 1. The third-order valence-electron chi connectivity index (χ3n) is 4.19. The van der Waals surface area contributed by atoms with Crippen LogP contribution in [-0.2, 0) is 20.2 Å². The van der Waals surface area contributed by atoms with Gasteiger partial charge in [-0.1, -0.05) is 12.1 Å². The third-order valence-corrected chi connectivity index (χ3v) is 4.19. The first-order valence-electron chi connectivity index (χ1n) is 8.64. The normalized spacial score (nSPS) is 11.0. The fourth-order valence-electron chi connectivity index (χ4n) is 2.60. The summed E-state index contributed by atoms with van der Waals surface area (Å²) in [7, 11) is 1.89. The molecule has 0 bridgehead atoms. The molecule has 0 saturated carbocycles. The zero-order chi connectivity index (χ0) is 19.4. The second-order valence-corrected chi connectivity index (χ2v) is 6.48. The van der Waals surface area contributed by atoms with Gasteiger partial charge >= 0.3 is 0 Å². The van der Waals surface area contributed by atoms with Gasteiger partial charge in [-0.25, -0.2) is 9.37 Å². The number of nitrogens with zero attached hydrogens (tertiary/aromatic N) is 4. The number of carbonyl (C=O) groups is 1. The van der Waals surface area contributed by atoms with Crippen molar-refractivity contribution in [1.82, 2.24) is 24.6 Å². The number of aryl methyl sites for hydroxylation is 1. The summed E-state index contributed by atoms with van der Waals surface area (Å²) < 4.78 is 20.9. The van der Waals surface area contributed by atoms with E-state index in [1.807, 2.05) is 31.7 Å². The van der Waals surface area contributed by atoms with Crippen molar-refractivity contribution >= 4 is 5.91 Å². The highest BCUT2D eigenvalue weighted by Crippen LogP contribution is 2.17. The Balaban J connectivity index is 1.69. The van der Waals surface area contributed by atoms with Crippen molar-refractivity contribution in [3.8, 4) is 5.75 Å². The molecule has 0 aliphatic carbocycles. The summed E-state index contributed by atoms with van der Waals surface area (Å²) in [4.78, 5) is 18.8. The van der Waals surface area contributed by atoms with E-state index in [2.05, 4.69) is 15.2 Å². The number of para-hydroxylation sites is 1. The number of amides is 1. The lowest BCUT2D eigenvalue weighted by atomic mass is 10.2. The first kappa shape index (κ1) is 18.6. The Morgan fingerprint density at radius 3 is 2.81 bits per heavy atom. The minimum atomic E-state index is -0.436. The van der Waals surface area contributed by atoms with Crippen molar-refractivity contribution in [2.75, 3.05) is 0 Å². The molecular weight excluding hydrogens is 349 g/mol. The topological polar surface area (TPSA) is 76.0 Å². The summed E-state index contributed by atoms with van der Waals surface area (Å²) in [5.41, 5.74) is 0.868. The Hall–Kier alpha value is -3.16. The average Bonchev–Trinajstić information content (AvgIpc) is 3.27. The summed E-state index contributed by atoms with van der Waals surface area (Å²) >= 11 is 0. The number of carbonyl (C=O) groups excluding carboxylic acids is 1. The highest BCUT2D eigenvalue weighted by atomic mass is 19.1. The maximum atomic E-state index is 13.6. The molecule has 3 rings (SSSR count). The van der Waals surface area contributed by atoms with E-state index in [9.17, 15) is 9.18 Å². The van der Waals surface area contributed by atoms with E-state index in [4.69, 9.17) is 4.74 Å². The monoisotopic (exact) mass is 371 g/mol. The summed E-state index contributed by atoms with van der Waals surface area (Å²) in [6, 6.07) is 7.76. The molecule has 0 aliphatic rings. The van der Waals surface area contributed by atoms with Gasteiger partial charge in [-0.05, 0) is 32.0 Å². The van der Waals surface area contributed by atoms with Crippen LogP contribution in [0.2, 0.25) is 0 Å². The molecule has 0 atom stereocenters. The van der Waals surface area contributed by atoms with Crippen LogP contribution >= 0.6 is 0 Å². The lowest BCUT2D eigenvalue weighted by molar-refractivity contribution is 0.0677. The van der Waals surface area contributed by atoms with Crippen molar-refractivity contribution in [3.63, 3.8) is 0 Å². The molecule has 0 unspecified atom stereocenters. The van der Waals surface area contributed by atoms with E-state index in [0.717, 1.165) is 5.82 Å². The van der Waals surface area contributed by atoms with Gasteiger partial charge < -0.3 is 14.2 Å². The van der Waals surface area contributed by atoms with Crippen LogP contribution in [0.1, 0.15) is 35.9 Å². The number of imidazole rings is 1. The molecule has 0 spiro atoms. The van der Waals surface area contributed by atoms with Crippen LogP contribution in [0.5, 0.6) is 5.75 Å². The van der Waals surface area contributed by atoms with E-state index in [0.29, 0.717) is 12.2 Å². The number of nitrogens with one attached hydrogen (secondary N) is 1. The molecule has 0 aliphatic heterocycles. The van der Waals surface area contributed by atoms with E-state index in [1.165, 1.54) is 6.07 Å². The molecule has 0 saturated heterocycles. The Bertz CT molecular complexity index is 918. The van der Waals surface area contributed by atoms with Gasteiger partial charge in [0.15, 0.2) is 17.3 Å². The fourth-order valence-corrected chi connectivity index (χ4v) is 2.60. The van der Waals surface area contributed by atoms with Gasteiger partial charge in [0, 0.05) is 25.5 Å². The Kier molecular flexibility index (Phi) is 5.54. The number of hydrogen-bond acceptors (Lipinski definition) is 4. The highest BCUT2D eigenvalue weighted by Gasteiger charge is 2.23. The predicted molar refractivity (Wildman–Crippen MR) is 97.5 cm³/mol. The minimum Gasteiger partial charge on any atom is -0.484 e. The Morgan fingerprint density at radius 1 is 1.37 bits per heavy atom. The molecule has 1 aromatic carbocycles. The summed E-state index contributed by atoms with van der Waals surface area (Å²) in [6.45, 7) is 4.35. The van der Waals surface area contributed by atoms with E-state index >= 15 is 0 Å². The molecule has 1 N–H and O–H groups in total. The third kappa shape index (κ3) is 4.33.